The zero-order chi connectivity index (χ0) is 14.8. The molecule has 2 saturated heterocycles. The van der Waals surface area contributed by atoms with Gasteiger partial charge in [0.2, 0.25) is 11.8 Å². The van der Waals surface area contributed by atoms with Crippen LogP contribution in [0.25, 0.3) is 0 Å². The van der Waals surface area contributed by atoms with Crippen molar-refractivity contribution in [1.82, 2.24) is 9.80 Å². The van der Waals surface area contributed by atoms with Gasteiger partial charge in [-0.05, 0) is 38.0 Å². The summed E-state index contributed by atoms with van der Waals surface area (Å²) in [4.78, 5) is 29.1. The van der Waals surface area contributed by atoms with Gasteiger partial charge in [0, 0.05) is 26.2 Å². The molecule has 0 aromatic rings. The topological polar surface area (TPSA) is 40.6 Å². The van der Waals surface area contributed by atoms with E-state index in [1.165, 1.54) is 19.3 Å². The minimum Gasteiger partial charge on any atom is -0.342 e. The number of hydrogen-bond donors (Lipinski definition) is 0. The molecule has 0 bridgehead atoms. The van der Waals surface area contributed by atoms with Crippen molar-refractivity contribution in [2.45, 2.75) is 51.9 Å². The van der Waals surface area contributed by atoms with Gasteiger partial charge in [-0.2, -0.15) is 0 Å². The average molecular weight is 292 g/mol. The summed E-state index contributed by atoms with van der Waals surface area (Å²) in [5, 5.41) is 0. The lowest BCUT2D eigenvalue weighted by atomic mass is 10.00. The highest BCUT2D eigenvalue weighted by Crippen LogP contribution is 2.42. The van der Waals surface area contributed by atoms with E-state index >= 15 is 0 Å². The molecule has 2 amide bonds. The van der Waals surface area contributed by atoms with Gasteiger partial charge < -0.3 is 9.80 Å². The molecule has 118 valence electrons. The third-order valence-corrected chi connectivity index (χ3v) is 5.31. The third kappa shape index (κ3) is 3.41. The Morgan fingerprint density at radius 3 is 2.00 bits per heavy atom. The molecular weight excluding hydrogens is 264 g/mol. The summed E-state index contributed by atoms with van der Waals surface area (Å²) in [5.41, 5.74) is 0. The number of likely N-dealkylation sites (tertiary alicyclic amines) is 2. The minimum absolute atomic E-state index is 0.00664. The summed E-state index contributed by atoms with van der Waals surface area (Å²) in [6.45, 7) is 5.80. The predicted octanol–water partition coefficient (Wildman–Crippen LogP) is 2.28. The molecule has 0 aromatic carbocycles. The Morgan fingerprint density at radius 2 is 1.38 bits per heavy atom. The molecule has 3 unspecified atom stereocenters. The second-order valence-corrected chi connectivity index (χ2v) is 7.22. The van der Waals surface area contributed by atoms with E-state index in [2.05, 4.69) is 6.92 Å². The van der Waals surface area contributed by atoms with Crippen LogP contribution in [0, 0.1) is 17.8 Å². The maximum absolute atomic E-state index is 12.5. The lowest BCUT2D eigenvalue weighted by molar-refractivity contribution is -0.138. The van der Waals surface area contributed by atoms with Crippen LogP contribution in [0.1, 0.15) is 51.9 Å². The first-order chi connectivity index (χ1) is 10.2. The maximum Gasteiger partial charge on any atom is 0.226 e. The van der Waals surface area contributed by atoms with Gasteiger partial charge in [-0.15, -0.1) is 0 Å². The molecule has 4 nitrogen and oxygen atoms in total. The molecule has 3 fully saturated rings. The fourth-order valence-electron chi connectivity index (χ4n) is 3.89. The molecule has 0 radical (unpaired) electrons. The summed E-state index contributed by atoms with van der Waals surface area (Å²) in [6, 6.07) is 0. The van der Waals surface area contributed by atoms with Gasteiger partial charge in [0.15, 0.2) is 0 Å². The molecular formula is C17H28N2O2. The van der Waals surface area contributed by atoms with Crippen LogP contribution in [0.2, 0.25) is 0 Å². The molecule has 3 atom stereocenters. The quantitative estimate of drug-likeness (QED) is 0.783. The van der Waals surface area contributed by atoms with E-state index in [1.807, 2.05) is 9.80 Å². The monoisotopic (exact) mass is 292 g/mol. The second-order valence-electron chi connectivity index (χ2n) is 7.22. The van der Waals surface area contributed by atoms with Crippen LogP contribution in [-0.2, 0) is 9.59 Å². The predicted molar refractivity (Wildman–Crippen MR) is 81.6 cm³/mol. The van der Waals surface area contributed by atoms with Gasteiger partial charge >= 0.3 is 0 Å². The van der Waals surface area contributed by atoms with Gasteiger partial charge in [-0.25, -0.2) is 0 Å². The first kappa shape index (κ1) is 14.9. The molecule has 2 aliphatic heterocycles. The zero-order valence-corrected chi connectivity index (χ0v) is 13.2. The van der Waals surface area contributed by atoms with E-state index in [4.69, 9.17) is 0 Å². The molecule has 0 aromatic heterocycles. The largest absolute Gasteiger partial charge is 0.342 e. The normalized spacial score (nSPS) is 33.5. The van der Waals surface area contributed by atoms with Gasteiger partial charge in [0.05, 0.1) is 11.8 Å². The average Bonchev–Trinajstić information content (AvgIpc) is 3.29. The van der Waals surface area contributed by atoms with E-state index < -0.39 is 0 Å². The Kier molecular flexibility index (Phi) is 4.51. The summed E-state index contributed by atoms with van der Waals surface area (Å²) < 4.78 is 0. The van der Waals surface area contributed by atoms with Crippen LogP contribution >= 0.6 is 0 Å². The minimum atomic E-state index is -0.00828. The summed E-state index contributed by atoms with van der Waals surface area (Å²) in [5.74, 6) is 1.09. The standard InChI is InChI=1S/C17H28N2O2/c1-13-7-6-10-19(12-13)17(21)15-11-14(15)16(20)18-8-4-2-3-5-9-18/h13-15H,2-12H2,1H3. The highest BCUT2D eigenvalue weighted by Gasteiger charge is 2.51. The molecule has 2 heterocycles. The molecule has 4 heteroatoms. The number of nitrogens with zero attached hydrogens (tertiary/aromatic N) is 2. The molecule has 3 aliphatic rings. The lowest BCUT2D eigenvalue weighted by Gasteiger charge is -2.31. The van der Waals surface area contributed by atoms with Gasteiger partial charge in [-0.1, -0.05) is 19.8 Å². The van der Waals surface area contributed by atoms with E-state index in [0.717, 1.165) is 51.9 Å². The number of rotatable bonds is 2. The molecule has 3 rings (SSSR count). The SMILES string of the molecule is CC1CCCN(C(=O)C2CC2C(=O)N2CCCCCC2)C1. The van der Waals surface area contributed by atoms with Gasteiger partial charge in [0.25, 0.3) is 0 Å². The Bertz CT molecular complexity index is 384. The number of carbonyl (C=O) groups is 2. The molecule has 0 N–H and O–H groups in total. The van der Waals surface area contributed by atoms with Crippen molar-refractivity contribution in [3.05, 3.63) is 0 Å². The van der Waals surface area contributed by atoms with Crippen LogP contribution in [-0.4, -0.2) is 47.8 Å². The summed E-state index contributed by atoms with van der Waals surface area (Å²) in [7, 11) is 0. The van der Waals surface area contributed by atoms with E-state index in [0.29, 0.717) is 5.92 Å². The fourth-order valence-corrected chi connectivity index (χ4v) is 3.89. The summed E-state index contributed by atoms with van der Waals surface area (Å²) in [6.07, 6.45) is 7.86. The van der Waals surface area contributed by atoms with Crippen molar-refractivity contribution in [3.8, 4) is 0 Å². The van der Waals surface area contributed by atoms with Crippen molar-refractivity contribution in [3.63, 3.8) is 0 Å². The van der Waals surface area contributed by atoms with E-state index in [9.17, 15) is 9.59 Å². The third-order valence-electron chi connectivity index (χ3n) is 5.31. The van der Waals surface area contributed by atoms with Gasteiger partial charge in [-0.3, -0.25) is 9.59 Å². The first-order valence-electron chi connectivity index (χ1n) is 8.74. The first-order valence-corrected chi connectivity index (χ1v) is 8.74. The Labute approximate surface area is 127 Å². The number of piperidine rings is 1. The molecule has 0 spiro atoms. The van der Waals surface area contributed by atoms with E-state index in [-0.39, 0.29) is 23.7 Å². The molecule has 1 aliphatic carbocycles. The van der Waals surface area contributed by atoms with Crippen molar-refractivity contribution in [2.24, 2.45) is 17.8 Å². The molecule has 1 saturated carbocycles. The van der Waals surface area contributed by atoms with E-state index in [1.54, 1.807) is 0 Å². The highest BCUT2D eigenvalue weighted by molar-refractivity contribution is 5.92. The van der Waals surface area contributed by atoms with Crippen LogP contribution in [0.3, 0.4) is 0 Å². The number of amides is 2. The van der Waals surface area contributed by atoms with Crippen LogP contribution in [0.4, 0.5) is 0 Å². The van der Waals surface area contributed by atoms with Crippen LogP contribution in [0.5, 0.6) is 0 Å². The Hall–Kier alpha value is -1.06. The van der Waals surface area contributed by atoms with Crippen molar-refractivity contribution >= 4 is 11.8 Å². The van der Waals surface area contributed by atoms with Gasteiger partial charge in [0.1, 0.15) is 0 Å². The van der Waals surface area contributed by atoms with Crippen molar-refractivity contribution in [1.29, 1.82) is 0 Å². The fraction of sp³-hybridized carbons (Fsp3) is 0.882. The number of carbonyl (C=O) groups excluding carboxylic acids is 2. The zero-order valence-electron chi connectivity index (χ0n) is 13.2. The Balaban J connectivity index is 1.52. The van der Waals surface area contributed by atoms with Crippen molar-refractivity contribution < 1.29 is 9.59 Å². The highest BCUT2D eigenvalue weighted by atomic mass is 16.2. The summed E-state index contributed by atoms with van der Waals surface area (Å²) >= 11 is 0. The lowest BCUT2D eigenvalue weighted by Crippen LogP contribution is -2.41. The molecule has 21 heavy (non-hydrogen) atoms. The maximum atomic E-state index is 12.5. The smallest absolute Gasteiger partial charge is 0.226 e. The van der Waals surface area contributed by atoms with Crippen molar-refractivity contribution in [2.75, 3.05) is 26.2 Å². The van der Waals surface area contributed by atoms with Crippen LogP contribution in [0.15, 0.2) is 0 Å². The van der Waals surface area contributed by atoms with Crippen LogP contribution < -0.4 is 0 Å². The second kappa shape index (κ2) is 6.37. The Morgan fingerprint density at radius 1 is 0.810 bits per heavy atom. The number of hydrogen-bond acceptors (Lipinski definition) is 2.